The number of carbonyl (C=O) groups is 1. The molecule has 2 aromatic rings. The number of nitrogens with two attached hydrogens (primary N) is 1. The Hall–Kier alpha value is -2.05. The van der Waals surface area contributed by atoms with E-state index in [1.165, 1.54) is 11.3 Å². The second-order valence-corrected chi connectivity index (χ2v) is 5.26. The Morgan fingerprint density at radius 2 is 2.05 bits per heavy atom. The molecule has 1 aromatic carbocycles. The third-order valence-corrected chi connectivity index (χ3v) is 3.61. The maximum Gasteiger partial charge on any atom is 0.379 e. The van der Waals surface area contributed by atoms with E-state index in [0.29, 0.717) is 27.8 Å². The quantitative estimate of drug-likeness (QED) is 0.396. The summed E-state index contributed by atoms with van der Waals surface area (Å²) in [6.07, 6.45) is 0. The monoisotopic (exact) mass is 324 g/mol. The second kappa shape index (κ2) is 7.10. The summed E-state index contributed by atoms with van der Waals surface area (Å²) in [5.41, 5.74) is 6.36. The molecule has 0 bridgehead atoms. The van der Waals surface area contributed by atoms with Crippen molar-refractivity contribution < 1.29 is 14.4 Å². The molecule has 7 heteroatoms. The largest absolute Gasteiger partial charge is 0.492 e. The highest BCUT2D eigenvalue weighted by molar-refractivity contribution is 7.12. The number of benzene rings is 1. The number of carbonyl (C=O) groups excluding carboxylic acids is 1. The second-order valence-electron chi connectivity index (χ2n) is 3.91. The Labute approximate surface area is 130 Å². The first-order chi connectivity index (χ1) is 10.1. The zero-order valence-electron chi connectivity index (χ0n) is 11.2. The van der Waals surface area contributed by atoms with E-state index in [-0.39, 0.29) is 5.84 Å². The lowest BCUT2D eigenvalue weighted by Gasteiger charge is -2.03. The normalized spacial score (nSPS) is 11.2. The molecular weight excluding hydrogens is 312 g/mol. The molecule has 21 heavy (non-hydrogen) atoms. The molecule has 5 nitrogen and oxygen atoms in total. The van der Waals surface area contributed by atoms with E-state index in [4.69, 9.17) is 26.9 Å². The molecule has 0 saturated carbocycles. The summed E-state index contributed by atoms with van der Waals surface area (Å²) < 4.78 is 5.32. The van der Waals surface area contributed by atoms with Crippen molar-refractivity contribution in [3.63, 3.8) is 0 Å². The average Bonchev–Trinajstić information content (AvgIpc) is 2.94. The van der Waals surface area contributed by atoms with Gasteiger partial charge in [-0.15, -0.1) is 11.3 Å². The number of oxime groups is 1. The summed E-state index contributed by atoms with van der Waals surface area (Å²) in [7, 11) is 0. The molecule has 0 spiro atoms. The summed E-state index contributed by atoms with van der Waals surface area (Å²) in [6.45, 7) is 2.30. The molecule has 110 valence electrons. The van der Waals surface area contributed by atoms with Gasteiger partial charge in [0.15, 0.2) is 10.7 Å². The molecule has 0 atom stereocenters. The number of nitrogens with zero attached hydrogens (tertiary/aromatic N) is 1. The fourth-order valence-electron chi connectivity index (χ4n) is 1.52. The highest BCUT2D eigenvalue weighted by atomic mass is 35.5. The molecule has 0 aliphatic heterocycles. The van der Waals surface area contributed by atoms with Crippen LogP contribution in [0.1, 0.15) is 22.2 Å². The smallest absolute Gasteiger partial charge is 0.379 e. The van der Waals surface area contributed by atoms with Crippen LogP contribution in [0.4, 0.5) is 0 Å². The predicted molar refractivity (Wildman–Crippen MR) is 83.1 cm³/mol. The van der Waals surface area contributed by atoms with Crippen LogP contribution in [0.2, 0.25) is 5.02 Å². The van der Waals surface area contributed by atoms with Crippen molar-refractivity contribution in [2.24, 2.45) is 10.9 Å². The molecule has 0 saturated heterocycles. The predicted octanol–water partition coefficient (Wildman–Crippen LogP) is 3.28. The van der Waals surface area contributed by atoms with Crippen molar-refractivity contribution >= 4 is 34.7 Å². The maximum absolute atomic E-state index is 11.9. The van der Waals surface area contributed by atoms with Gasteiger partial charge in [-0.25, -0.2) is 4.79 Å². The van der Waals surface area contributed by atoms with Crippen molar-refractivity contribution in [2.45, 2.75) is 6.92 Å². The van der Waals surface area contributed by atoms with Crippen molar-refractivity contribution in [3.8, 4) is 5.75 Å². The van der Waals surface area contributed by atoms with E-state index >= 15 is 0 Å². The number of thiophene rings is 1. The molecule has 0 aliphatic carbocycles. The Morgan fingerprint density at radius 3 is 2.71 bits per heavy atom. The molecular formula is C14H13ClN2O3S. The zero-order chi connectivity index (χ0) is 15.2. The minimum absolute atomic E-state index is 0.0922. The van der Waals surface area contributed by atoms with Crippen LogP contribution in [0.25, 0.3) is 0 Å². The molecule has 0 aliphatic rings. The summed E-state index contributed by atoms with van der Waals surface area (Å²) in [5.74, 6) is -0.0346. The fraction of sp³-hybridized carbons (Fsp3) is 0.143. The molecule has 2 rings (SSSR count). The van der Waals surface area contributed by atoms with Crippen LogP contribution in [-0.4, -0.2) is 18.4 Å². The fourth-order valence-corrected chi connectivity index (χ4v) is 2.35. The number of hydrogen-bond donors (Lipinski definition) is 1. The first-order valence-corrected chi connectivity index (χ1v) is 7.38. The summed E-state index contributed by atoms with van der Waals surface area (Å²) in [5, 5.41) is 5.96. The minimum Gasteiger partial charge on any atom is -0.492 e. The van der Waals surface area contributed by atoms with Gasteiger partial charge in [0.1, 0.15) is 5.75 Å². The van der Waals surface area contributed by atoms with Crippen molar-refractivity contribution in [3.05, 3.63) is 51.2 Å². The Bertz CT molecular complexity index is 652. The van der Waals surface area contributed by atoms with Gasteiger partial charge in [0.2, 0.25) is 0 Å². The van der Waals surface area contributed by atoms with Crippen LogP contribution >= 0.6 is 22.9 Å². The number of ether oxygens (including phenoxy) is 1. The van der Waals surface area contributed by atoms with E-state index in [2.05, 4.69) is 5.16 Å². The van der Waals surface area contributed by atoms with Crippen LogP contribution in [0.3, 0.4) is 0 Å². The maximum atomic E-state index is 11.9. The standard InChI is InChI=1S/C14H13ClN2O3S/c1-2-19-11-7-8-21-12(11)14(18)20-17-13(16)9-3-5-10(15)6-4-9/h3-8H,2H2,1H3,(H2,16,17). The number of rotatable bonds is 5. The SMILES string of the molecule is CCOc1ccsc1C(=O)O/N=C(/N)c1ccc(Cl)cc1. The minimum atomic E-state index is -0.606. The molecule has 0 fully saturated rings. The average molecular weight is 325 g/mol. The van der Waals surface area contributed by atoms with Gasteiger partial charge in [-0.05, 0) is 42.6 Å². The first-order valence-electron chi connectivity index (χ1n) is 6.13. The van der Waals surface area contributed by atoms with E-state index in [0.717, 1.165) is 0 Å². The van der Waals surface area contributed by atoms with Crippen LogP contribution in [0.15, 0.2) is 40.9 Å². The first kappa shape index (κ1) is 15.3. The lowest BCUT2D eigenvalue weighted by molar-refractivity contribution is 0.0518. The van der Waals surface area contributed by atoms with E-state index in [9.17, 15) is 4.79 Å². The van der Waals surface area contributed by atoms with E-state index in [1.807, 2.05) is 6.92 Å². The van der Waals surface area contributed by atoms with Crippen LogP contribution in [-0.2, 0) is 4.84 Å². The van der Waals surface area contributed by atoms with Gasteiger partial charge in [-0.2, -0.15) is 0 Å². The molecule has 1 aromatic heterocycles. The summed E-state index contributed by atoms with van der Waals surface area (Å²) >= 11 is 7.00. The number of amidine groups is 1. The van der Waals surface area contributed by atoms with E-state index < -0.39 is 5.97 Å². The summed E-state index contributed by atoms with van der Waals surface area (Å²) in [6, 6.07) is 8.43. The van der Waals surface area contributed by atoms with Crippen molar-refractivity contribution in [1.29, 1.82) is 0 Å². The Morgan fingerprint density at radius 1 is 1.33 bits per heavy atom. The van der Waals surface area contributed by atoms with Crippen LogP contribution in [0, 0.1) is 0 Å². The molecule has 1 heterocycles. The van der Waals surface area contributed by atoms with Crippen LogP contribution < -0.4 is 10.5 Å². The molecule has 0 amide bonds. The van der Waals surface area contributed by atoms with Gasteiger partial charge in [0.25, 0.3) is 0 Å². The summed E-state index contributed by atoms with van der Waals surface area (Å²) in [4.78, 5) is 17.1. The van der Waals surface area contributed by atoms with Gasteiger partial charge in [-0.3, -0.25) is 0 Å². The molecule has 0 unspecified atom stereocenters. The van der Waals surface area contributed by atoms with Gasteiger partial charge in [-0.1, -0.05) is 16.8 Å². The van der Waals surface area contributed by atoms with Crippen LogP contribution in [0.5, 0.6) is 5.75 Å². The van der Waals surface area contributed by atoms with Crippen molar-refractivity contribution in [2.75, 3.05) is 6.61 Å². The number of halogens is 1. The van der Waals surface area contributed by atoms with Gasteiger partial charge >= 0.3 is 5.97 Å². The van der Waals surface area contributed by atoms with E-state index in [1.54, 1.807) is 35.7 Å². The highest BCUT2D eigenvalue weighted by Gasteiger charge is 2.16. The Balaban J connectivity index is 2.07. The van der Waals surface area contributed by atoms with Gasteiger partial charge in [0.05, 0.1) is 6.61 Å². The van der Waals surface area contributed by atoms with Gasteiger partial charge < -0.3 is 15.3 Å². The number of hydrogen-bond acceptors (Lipinski definition) is 5. The third-order valence-electron chi connectivity index (χ3n) is 2.48. The lowest BCUT2D eigenvalue weighted by atomic mass is 10.2. The molecule has 2 N–H and O–H groups in total. The highest BCUT2D eigenvalue weighted by Crippen LogP contribution is 2.25. The zero-order valence-corrected chi connectivity index (χ0v) is 12.8. The third kappa shape index (κ3) is 3.96. The van der Waals surface area contributed by atoms with Crippen molar-refractivity contribution in [1.82, 2.24) is 0 Å². The lowest BCUT2D eigenvalue weighted by Crippen LogP contribution is -2.15. The van der Waals surface area contributed by atoms with Gasteiger partial charge in [0, 0.05) is 10.6 Å². The molecule has 0 radical (unpaired) electrons. The topological polar surface area (TPSA) is 73.9 Å². The Kier molecular flexibility index (Phi) is 5.19.